The Morgan fingerprint density at radius 2 is 2.29 bits per heavy atom. The lowest BCUT2D eigenvalue weighted by Gasteiger charge is -2.51. The van der Waals surface area contributed by atoms with Crippen LogP contribution in [0.5, 0.6) is 0 Å². The topological polar surface area (TPSA) is 50.4 Å². The van der Waals surface area contributed by atoms with Crippen LogP contribution in [0.3, 0.4) is 0 Å². The van der Waals surface area contributed by atoms with E-state index in [1.807, 2.05) is 0 Å². The highest BCUT2D eigenvalue weighted by Crippen LogP contribution is 2.42. The number of carbonyl (C=O) groups excluding carboxylic acids is 1. The third kappa shape index (κ3) is 2.63. The van der Waals surface area contributed by atoms with Crippen molar-refractivity contribution in [2.24, 2.45) is 5.41 Å². The Morgan fingerprint density at radius 1 is 1.53 bits per heavy atom. The Hall–Kier alpha value is -0.610. The van der Waals surface area contributed by atoms with Crippen molar-refractivity contribution in [1.29, 1.82) is 0 Å². The molecule has 2 rings (SSSR count). The van der Waals surface area contributed by atoms with E-state index in [1.165, 1.54) is 6.42 Å². The van der Waals surface area contributed by atoms with E-state index in [1.54, 1.807) is 7.11 Å². The average molecular weight is 240 g/mol. The number of rotatable bonds is 4. The summed E-state index contributed by atoms with van der Waals surface area (Å²) in [5.41, 5.74) is 0.0630. The highest BCUT2D eigenvalue weighted by Gasteiger charge is 2.49. The molecule has 0 aromatic heterocycles. The standard InChI is InChI=1S/C13H24N2O2/c1-13(2)10(8-11(13)17-3)15-12(16)7-9-5-4-6-14-9/h9-11,14H,4-8H2,1-3H3,(H,15,16). The van der Waals surface area contributed by atoms with E-state index in [0.717, 1.165) is 19.4 Å². The summed E-state index contributed by atoms with van der Waals surface area (Å²) in [6.07, 6.45) is 4.15. The minimum absolute atomic E-state index is 0.0630. The monoisotopic (exact) mass is 240 g/mol. The van der Waals surface area contributed by atoms with Gasteiger partial charge >= 0.3 is 0 Å². The summed E-state index contributed by atoms with van der Waals surface area (Å²) < 4.78 is 5.38. The fourth-order valence-corrected chi connectivity index (χ4v) is 2.94. The van der Waals surface area contributed by atoms with Gasteiger partial charge in [-0.3, -0.25) is 4.79 Å². The van der Waals surface area contributed by atoms with Crippen LogP contribution in [0.15, 0.2) is 0 Å². The number of ether oxygens (including phenoxy) is 1. The normalized spacial score (nSPS) is 35.4. The summed E-state index contributed by atoms with van der Waals surface area (Å²) in [7, 11) is 1.74. The van der Waals surface area contributed by atoms with Gasteiger partial charge in [-0.05, 0) is 25.8 Å². The molecule has 0 bridgehead atoms. The number of nitrogens with one attached hydrogen (secondary N) is 2. The third-order valence-electron chi connectivity index (χ3n) is 4.39. The first-order valence-corrected chi connectivity index (χ1v) is 6.59. The van der Waals surface area contributed by atoms with Gasteiger partial charge in [0, 0.05) is 31.0 Å². The molecule has 0 spiro atoms. The second kappa shape index (κ2) is 4.94. The molecule has 3 atom stereocenters. The maximum atomic E-state index is 11.9. The van der Waals surface area contributed by atoms with E-state index in [4.69, 9.17) is 4.74 Å². The van der Waals surface area contributed by atoms with E-state index in [2.05, 4.69) is 24.5 Å². The summed E-state index contributed by atoms with van der Waals surface area (Å²) in [6, 6.07) is 0.651. The molecule has 4 nitrogen and oxygen atoms in total. The molecule has 2 N–H and O–H groups in total. The van der Waals surface area contributed by atoms with Crippen molar-refractivity contribution in [3.8, 4) is 0 Å². The molecule has 3 unspecified atom stereocenters. The molecule has 1 saturated heterocycles. The van der Waals surface area contributed by atoms with Crippen LogP contribution in [-0.4, -0.2) is 37.7 Å². The lowest BCUT2D eigenvalue weighted by molar-refractivity contribution is -0.133. The van der Waals surface area contributed by atoms with Crippen molar-refractivity contribution in [1.82, 2.24) is 10.6 Å². The van der Waals surface area contributed by atoms with Gasteiger partial charge in [-0.2, -0.15) is 0 Å². The SMILES string of the molecule is COC1CC(NC(=O)CC2CCCN2)C1(C)C. The highest BCUT2D eigenvalue weighted by molar-refractivity contribution is 5.77. The molecule has 2 fully saturated rings. The predicted molar refractivity (Wildman–Crippen MR) is 66.8 cm³/mol. The Balaban J connectivity index is 1.76. The number of amides is 1. The molecule has 17 heavy (non-hydrogen) atoms. The molecule has 1 saturated carbocycles. The lowest BCUT2D eigenvalue weighted by atomic mass is 9.64. The van der Waals surface area contributed by atoms with Crippen LogP contribution in [0, 0.1) is 5.41 Å². The first-order valence-electron chi connectivity index (χ1n) is 6.59. The fraction of sp³-hybridized carbons (Fsp3) is 0.923. The smallest absolute Gasteiger partial charge is 0.221 e. The van der Waals surface area contributed by atoms with Crippen molar-refractivity contribution >= 4 is 5.91 Å². The molecule has 1 heterocycles. The summed E-state index contributed by atoms with van der Waals surface area (Å²) >= 11 is 0. The van der Waals surface area contributed by atoms with Gasteiger partial charge in [-0.25, -0.2) is 0 Å². The van der Waals surface area contributed by atoms with Gasteiger partial charge in [-0.1, -0.05) is 13.8 Å². The van der Waals surface area contributed by atoms with Gasteiger partial charge in [0.1, 0.15) is 0 Å². The van der Waals surface area contributed by atoms with Gasteiger partial charge < -0.3 is 15.4 Å². The van der Waals surface area contributed by atoms with Crippen LogP contribution in [0.25, 0.3) is 0 Å². The Labute approximate surface area is 103 Å². The maximum Gasteiger partial charge on any atom is 0.221 e. The van der Waals surface area contributed by atoms with Crippen LogP contribution in [0.4, 0.5) is 0 Å². The van der Waals surface area contributed by atoms with Gasteiger partial charge in [0.15, 0.2) is 0 Å². The van der Waals surface area contributed by atoms with E-state index < -0.39 is 0 Å². The number of hydrogen-bond donors (Lipinski definition) is 2. The van der Waals surface area contributed by atoms with Crippen molar-refractivity contribution in [3.63, 3.8) is 0 Å². The molecule has 0 aromatic carbocycles. The van der Waals surface area contributed by atoms with Gasteiger partial charge in [0.2, 0.25) is 5.91 Å². The van der Waals surface area contributed by atoms with Crippen LogP contribution < -0.4 is 10.6 Å². The molecule has 1 aliphatic carbocycles. The van der Waals surface area contributed by atoms with Crippen molar-refractivity contribution in [2.75, 3.05) is 13.7 Å². The zero-order valence-electron chi connectivity index (χ0n) is 11.1. The van der Waals surface area contributed by atoms with E-state index in [9.17, 15) is 4.79 Å². The molecule has 0 radical (unpaired) electrons. The van der Waals surface area contributed by atoms with Gasteiger partial charge in [0.05, 0.1) is 6.10 Å². The molecule has 4 heteroatoms. The van der Waals surface area contributed by atoms with Crippen LogP contribution in [0.1, 0.15) is 39.5 Å². The average Bonchev–Trinajstić information content (AvgIpc) is 2.76. The number of carbonyl (C=O) groups is 1. The molecular formula is C13H24N2O2. The minimum Gasteiger partial charge on any atom is -0.381 e. The molecule has 1 aliphatic heterocycles. The van der Waals surface area contributed by atoms with E-state index in [-0.39, 0.29) is 23.5 Å². The fourth-order valence-electron chi connectivity index (χ4n) is 2.94. The van der Waals surface area contributed by atoms with Crippen molar-refractivity contribution in [3.05, 3.63) is 0 Å². The molecular weight excluding hydrogens is 216 g/mol. The van der Waals surface area contributed by atoms with Crippen LogP contribution in [-0.2, 0) is 9.53 Å². The first kappa shape index (κ1) is 12.8. The Morgan fingerprint density at radius 3 is 2.82 bits per heavy atom. The highest BCUT2D eigenvalue weighted by atomic mass is 16.5. The molecule has 0 aromatic rings. The lowest BCUT2D eigenvalue weighted by Crippen LogP contribution is -2.62. The van der Waals surface area contributed by atoms with Gasteiger partial charge in [0.25, 0.3) is 0 Å². The van der Waals surface area contributed by atoms with Crippen LogP contribution in [0.2, 0.25) is 0 Å². The summed E-state index contributed by atoms with van der Waals surface area (Å²) in [5, 5.41) is 6.49. The Bertz CT molecular complexity index is 285. The van der Waals surface area contributed by atoms with Crippen LogP contribution >= 0.6 is 0 Å². The molecule has 2 aliphatic rings. The van der Waals surface area contributed by atoms with E-state index in [0.29, 0.717) is 12.5 Å². The zero-order chi connectivity index (χ0) is 12.5. The predicted octanol–water partition coefficient (Wildman–Crippen LogP) is 1.06. The van der Waals surface area contributed by atoms with Crippen molar-refractivity contribution in [2.45, 2.75) is 57.7 Å². The molecule has 98 valence electrons. The summed E-state index contributed by atoms with van der Waals surface area (Å²) in [4.78, 5) is 11.9. The van der Waals surface area contributed by atoms with Crippen molar-refractivity contribution < 1.29 is 9.53 Å². The maximum absolute atomic E-state index is 11.9. The third-order valence-corrected chi connectivity index (χ3v) is 4.39. The first-order chi connectivity index (χ1) is 8.04. The molecule has 1 amide bonds. The van der Waals surface area contributed by atoms with E-state index >= 15 is 0 Å². The Kier molecular flexibility index (Phi) is 3.73. The zero-order valence-corrected chi connectivity index (χ0v) is 11.1. The van der Waals surface area contributed by atoms with Gasteiger partial charge in [-0.15, -0.1) is 0 Å². The minimum atomic E-state index is 0.0630. The second-order valence-corrected chi connectivity index (χ2v) is 5.90. The summed E-state index contributed by atoms with van der Waals surface area (Å²) in [5.74, 6) is 0.178. The number of hydrogen-bond acceptors (Lipinski definition) is 3. The quantitative estimate of drug-likeness (QED) is 0.772. The summed E-state index contributed by atoms with van der Waals surface area (Å²) in [6.45, 7) is 5.37. The number of methoxy groups -OCH3 is 1. The largest absolute Gasteiger partial charge is 0.381 e. The second-order valence-electron chi connectivity index (χ2n) is 5.90.